The van der Waals surface area contributed by atoms with Gasteiger partial charge in [0, 0.05) is 34.9 Å². The normalized spacial score (nSPS) is 10.8. The number of rotatable bonds is 4. The van der Waals surface area contributed by atoms with Crippen molar-refractivity contribution in [3.05, 3.63) is 54.4 Å². The van der Waals surface area contributed by atoms with E-state index in [-0.39, 0.29) is 0 Å². The van der Waals surface area contributed by atoms with Crippen LogP contribution < -0.4 is 5.32 Å². The maximum absolute atomic E-state index is 4.30. The summed E-state index contributed by atoms with van der Waals surface area (Å²) >= 11 is 1.75. The summed E-state index contributed by atoms with van der Waals surface area (Å²) in [5, 5.41) is 4.63. The van der Waals surface area contributed by atoms with Gasteiger partial charge < -0.3 is 10.3 Å². The molecule has 1 aromatic carbocycles. The molecule has 0 saturated heterocycles. The molecule has 0 radical (unpaired) electrons. The minimum absolute atomic E-state index is 0.795. The molecule has 3 rings (SSSR count). The fourth-order valence-corrected chi connectivity index (χ4v) is 2.55. The van der Waals surface area contributed by atoms with Gasteiger partial charge in [-0.25, -0.2) is 4.98 Å². The van der Waals surface area contributed by atoms with Crippen molar-refractivity contribution in [2.45, 2.75) is 11.4 Å². The molecule has 3 aromatic rings. The molecule has 0 spiro atoms. The SMILES string of the molecule is CSc1cccc(NCc2c[nH]c3ncccc23)c1. The number of H-pyrrole nitrogens is 1. The van der Waals surface area contributed by atoms with Gasteiger partial charge in [0.15, 0.2) is 0 Å². The summed E-state index contributed by atoms with van der Waals surface area (Å²) < 4.78 is 0. The molecule has 0 unspecified atom stereocenters. The number of aromatic nitrogens is 2. The van der Waals surface area contributed by atoms with Crippen LogP contribution in [0.5, 0.6) is 0 Å². The summed E-state index contributed by atoms with van der Waals surface area (Å²) in [5.41, 5.74) is 3.32. The molecule has 3 nitrogen and oxygen atoms in total. The summed E-state index contributed by atoms with van der Waals surface area (Å²) in [6.07, 6.45) is 5.91. The number of aromatic amines is 1. The van der Waals surface area contributed by atoms with E-state index in [4.69, 9.17) is 0 Å². The van der Waals surface area contributed by atoms with E-state index in [1.165, 1.54) is 15.8 Å². The van der Waals surface area contributed by atoms with Crippen molar-refractivity contribution >= 4 is 28.5 Å². The molecule has 0 amide bonds. The van der Waals surface area contributed by atoms with Crippen molar-refractivity contribution in [2.24, 2.45) is 0 Å². The van der Waals surface area contributed by atoms with E-state index in [1.54, 1.807) is 18.0 Å². The summed E-state index contributed by atoms with van der Waals surface area (Å²) in [7, 11) is 0. The topological polar surface area (TPSA) is 40.7 Å². The molecule has 0 fully saturated rings. The Morgan fingerprint density at radius 2 is 2.21 bits per heavy atom. The fourth-order valence-electron chi connectivity index (χ4n) is 2.09. The lowest BCUT2D eigenvalue weighted by atomic mass is 10.2. The number of nitrogens with zero attached hydrogens (tertiary/aromatic N) is 1. The minimum atomic E-state index is 0.795. The number of anilines is 1. The smallest absolute Gasteiger partial charge is 0.137 e. The number of benzene rings is 1. The second-order valence-electron chi connectivity index (χ2n) is 4.30. The summed E-state index contributed by atoms with van der Waals surface area (Å²) in [6.45, 7) is 0.795. The van der Waals surface area contributed by atoms with Gasteiger partial charge in [-0.05, 0) is 42.2 Å². The molecule has 0 aliphatic carbocycles. The third-order valence-corrected chi connectivity index (χ3v) is 3.81. The quantitative estimate of drug-likeness (QED) is 0.706. The highest BCUT2D eigenvalue weighted by molar-refractivity contribution is 7.98. The molecule has 0 aliphatic rings. The molecule has 0 saturated carbocycles. The molecular formula is C15H15N3S. The zero-order chi connectivity index (χ0) is 13.1. The van der Waals surface area contributed by atoms with Crippen LogP contribution in [0.4, 0.5) is 5.69 Å². The van der Waals surface area contributed by atoms with E-state index in [0.29, 0.717) is 0 Å². The van der Waals surface area contributed by atoms with Gasteiger partial charge in [0.25, 0.3) is 0 Å². The Balaban J connectivity index is 1.78. The second-order valence-corrected chi connectivity index (χ2v) is 5.18. The third-order valence-electron chi connectivity index (χ3n) is 3.09. The van der Waals surface area contributed by atoms with Crippen molar-refractivity contribution in [3.63, 3.8) is 0 Å². The Morgan fingerprint density at radius 1 is 1.26 bits per heavy atom. The number of pyridine rings is 1. The van der Waals surface area contributed by atoms with E-state index in [9.17, 15) is 0 Å². The Morgan fingerprint density at radius 3 is 3.11 bits per heavy atom. The summed E-state index contributed by atoms with van der Waals surface area (Å²) in [6, 6.07) is 12.5. The van der Waals surface area contributed by atoms with Gasteiger partial charge in [-0.15, -0.1) is 11.8 Å². The van der Waals surface area contributed by atoms with Crippen LogP contribution in [0.1, 0.15) is 5.56 Å². The van der Waals surface area contributed by atoms with Gasteiger partial charge in [-0.3, -0.25) is 0 Å². The highest BCUT2D eigenvalue weighted by Crippen LogP contribution is 2.21. The molecule has 0 bridgehead atoms. The van der Waals surface area contributed by atoms with Crippen LogP contribution in [-0.2, 0) is 6.54 Å². The van der Waals surface area contributed by atoms with Gasteiger partial charge in [0.05, 0.1) is 0 Å². The van der Waals surface area contributed by atoms with E-state index in [0.717, 1.165) is 17.9 Å². The summed E-state index contributed by atoms with van der Waals surface area (Å²) in [5.74, 6) is 0. The number of thioether (sulfide) groups is 1. The largest absolute Gasteiger partial charge is 0.381 e. The first-order valence-corrected chi connectivity index (χ1v) is 7.38. The van der Waals surface area contributed by atoms with E-state index in [1.807, 2.05) is 12.3 Å². The lowest BCUT2D eigenvalue weighted by Crippen LogP contribution is -1.98. The maximum Gasteiger partial charge on any atom is 0.137 e. The van der Waals surface area contributed by atoms with Crippen LogP contribution in [0.25, 0.3) is 11.0 Å². The molecule has 2 heterocycles. The molecule has 96 valence electrons. The Bertz CT molecular complexity index is 690. The van der Waals surface area contributed by atoms with Crippen molar-refractivity contribution in [1.82, 2.24) is 9.97 Å². The molecule has 0 aliphatic heterocycles. The minimum Gasteiger partial charge on any atom is -0.381 e. The number of fused-ring (bicyclic) bond motifs is 1. The molecule has 19 heavy (non-hydrogen) atoms. The zero-order valence-electron chi connectivity index (χ0n) is 10.7. The van der Waals surface area contributed by atoms with Crippen molar-refractivity contribution in [2.75, 3.05) is 11.6 Å². The first-order valence-electron chi connectivity index (χ1n) is 6.16. The molecule has 4 heteroatoms. The van der Waals surface area contributed by atoms with Crippen LogP contribution in [0.3, 0.4) is 0 Å². The van der Waals surface area contributed by atoms with Crippen molar-refractivity contribution in [1.29, 1.82) is 0 Å². The Hall–Kier alpha value is -1.94. The number of nitrogens with one attached hydrogen (secondary N) is 2. The average molecular weight is 269 g/mol. The van der Waals surface area contributed by atoms with Crippen LogP contribution in [0, 0.1) is 0 Å². The van der Waals surface area contributed by atoms with Gasteiger partial charge in [0.1, 0.15) is 5.65 Å². The molecule has 2 aromatic heterocycles. The van der Waals surface area contributed by atoms with Gasteiger partial charge in [-0.1, -0.05) is 6.07 Å². The highest BCUT2D eigenvalue weighted by Gasteiger charge is 2.03. The predicted molar refractivity (Wildman–Crippen MR) is 81.6 cm³/mol. The van der Waals surface area contributed by atoms with E-state index < -0.39 is 0 Å². The average Bonchev–Trinajstić information content (AvgIpc) is 2.89. The lowest BCUT2D eigenvalue weighted by Gasteiger charge is -2.06. The van der Waals surface area contributed by atoms with Gasteiger partial charge in [-0.2, -0.15) is 0 Å². The third kappa shape index (κ3) is 2.58. The fraction of sp³-hybridized carbons (Fsp3) is 0.133. The number of hydrogen-bond donors (Lipinski definition) is 2. The van der Waals surface area contributed by atoms with Crippen LogP contribution >= 0.6 is 11.8 Å². The van der Waals surface area contributed by atoms with Crippen molar-refractivity contribution in [3.8, 4) is 0 Å². The highest BCUT2D eigenvalue weighted by atomic mass is 32.2. The lowest BCUT2D eigenvalue weighted by molar-refractivity contribution is 1.16. The van der Waals surface area contributed by atoms with Gasteiger partial charge >= 0.3 is 0 Å². The first kappa shape index (κ1) is 12.1. The maximum atomic E-state index is 4.30. The van der Waals surface area contributed by atoms with Crippen molar-refractivity contribution < 1.29 is 0 Å². The molecule has 2 N–H and O–H groups in total. The Labute approximate surface area is 116 Å². The first-order chi connectivity index (χ1) is 9.36. The second kappa shape index (κ2) is 5.36. The zero-order valence-corrected chi connectivity index (χ0v) is 11.5. The van der Waals surface area contributed by atoms with Crippen LogP contribution in [0.15, 0.2) is 53.7 Å². The monoisotopic (exact) mass is 269 g/mol. The van der Waals surface area contributed by atoms with E-state index >= 15 is 0 Å². The van der Waals surface area contributed by atoms with Gasteiger partial charge in [0.2, 0.25) is 0 Å². The number of hydrogen-bond acceptors (Lipinski definition) is 3. The molecule has 0 atom stereocenters. The van der Waals surface area contributed by atoms with Crippen LogP contribution in [0.2, 0.25) is 0 Å². The predicted octanol–water partition coefficient (Wildman–Crippen LogP) is 3.90. The molecular weight excluding hydrogens is 254 g/mol. The standard InChI is InChI=1S/C15H15N3S/c1-19-13-5-2-4-12(8-13)17-9-11-10-18-15-14(11)6-3-7-16-15/h2-8,10,17H,9H2,1H3,(H,16,18). The Kier molecular flexibility index (Phi) is 3.42. The van der Waals surface area contributed by atoms with Crippen LogP contribution in [-0.4, -0.2) is 16.2 Å². The summed E-state index contributed by atoms with van der Waals surface area (Å²) in [4.78, 5) is 8.76. The van der Waals surface area contributed by atoms with E-state index in [2.05, 4.69) is 51.9 Å².